The van der Waals surface area contributed by atoms with Crippen LogP contribution in [-0.2, 0) is 5.88 Å². The molecule has 0 N–H and O–H groups in total. The van der Waals surface area contributed by atoms with Crippen LogP contribution in [0, 0.1) is 0 Å². The Bertz CT molecular complexity index is 479. The predicted molar refractivity (Wildman–Crippen MR) is 78.9 cm³/mol. The number of rotatable bonds is 5. The third-order valence-corrected chi connectivity index (χ3v) is 3.65. The number of hydrogen-bond donors (Lipinski definition) is 0. The van der Waals surface area contributed by atoms with Gasteiger partial charge in [-0.3, -0.25) is 0 Å². The number of hydrogen-bond acceptors (Lipinski definition) is 2. The molecule has 2 rings (SSSR count). The first-order valence-electron chi connectivity index (χ1n) is 5.87. The van der Waals surface area contributed by atoms with Crippen LogP contribution in [0.5, 0.6) is 11.5 Å². The standard InChI is InChI=1S/C15H15ClOS/c1-2-18-15-9-7-14(8-10-15)17-13-5-3-12(11-16)4-6-13/h3-10H,2,11H2,1H3. The maximum absolute atomic E-state index is 5.76. The Morgan fingerprint density at radius 1 is 0.944 bits per heavy atom. The van der Waals surface area contributed by atoms with Crippen molar-refractivity contribution in [2.75, 3.05) is 5.75 Å². The van der Waals surface area contributed by atoms with Gasteiger partial charge in [0.1, 0.15) is 11.5 Å². The van der Waals surface area contributed by atoms with Gasteiger partial charge in [-0.15, -0.1) is 23.4 Å². The fourth-order valence-corrected chi connectivity index (χ4v) is 2.39. The van der Waals surface area contributed by atoms with E-state index in [-0.39, 0.29) is 0 Å². The van der Waals surface area contributed by atoms with E-state index in [4.69, 9.17) is 16.3 Å². The van der Waals surface area contributed by atoms with E-state index in [0.29, 0.717) is 5.88 Å². The molecule has 0 saturated heterocycles. The van der Waals surface area contributed by atoms with Gasteiger partial charge < -0.3 is 4.74 Å². The zero-order valence-electron chi connectivity index (χ0n) is 10.2. The zero-order chi connectivity index (χ0) is 12.8. The molecule has 0 saturated carbocycles. The van der Waals surface area contributed by atoms with Crippen molar-refractivity contribution in [3.05, 3.63) is 54.1 Å². The highest BCUT2D eigenvalue weighted by molar-refractivity contribution is 7.99. The van der Waals surface area contributed by atoms with Gasteiger partial charge in [-0.05, 0) is 47.7 Å². The topological polar surface area (TPSA) is 9.23 Å². The van der Waals surface area contributed by atoms with Crippen molar-refractivity contribution < 1.29 is 4.74 Å². The van der Waals surface area contributed by atoms with Gasteiger partial charge in [-0.1, -0.05) is 19.1 Å². The Hall–Kier alpha value is -1.12. The molecule has 1 nitrogen and oxygen atoms in total. The van der Waals surface area contributed by atoms with E-state index in [9.17, 15) is 0 Å². The highest BCUT2D eigenvalue weighted by Crippen LogP contribution is 2.25. The van der Waals surface area contributed by atoms with Gasteiger partial charge in [0.2, 0.25) is 0 Å². The van der Waals surface area contributed by atoms with Gasteiger partial charge >= 0.3 is 0 Å². The molecule has 0 fully saturated rings. The molecule has 2 aromatic rings. The Balaban J connectivity index is 2.03. The van der Waals surface area contributed by atoms with E-state index >= 15 is 0 Å². The van der Waals surface area contributed by atoms with Gasteiger partial charge in [-0.25, -0.2) is 0 Å². The second-order valence-electron chi connectivity index (χ2n) is 3.78. The van der Waals surface area contributed by atoms with Gasteiger partial charge in [0.15, 0.2) is 0 Å². The van der Waals surface area contributed by atoms with Crippen molar-refractivity contribution in [3.8, 4) is 11.5 Å². The third kappa shape index (κ3) is 3.69. The van der Waals surface area contributed by atoms with Crippen molar-refractivity contribution in [1.29, 1.82) is 0 Å². The minimum atomic E-state index is 0.531. The van der Waals surface area contributed by atoms with Gasteiger partial charge in [0.05, 0.1) is 0 Å². The molecule has 0 unspecified atom stereocenters. The maximum Gasteiger partial charge on any atom is 0.127 e. The van der Waals surface area contributed by atoms with Gasteiger partial charge in [-0.2, -0.15) is 0 Å². The molecule has 0 spiro atoms. The van der Waals surface area contributed by atoms with Gasteiger partial charge in [0.25, 0.3) is 0 Å². The lowest BCUT2D eigenvalue weighted by molar-refractivity contribution is 0.482. The minimum absolute atomic E-state index is 0.531. The van der Waals surface area contributed by atoms with Crippen molar-refractivity contribution in [1.82, 2.24) is 0 Å². The summed E-state index contributed by atoms with van der Waals surface area (Å²) in [6.07, 6.45) is 0. The van der Waals surface area contributed by atoms with Gasteiger partial charge in [0, 0.05) is 10.8 Å². The fraction of sp³-hybridized carbons (Fsp3) is 0.200. The van der Waals surface area contributed by atoms with Crippen LogP contribution >= 0.6 is 23.4 Å². The Labute approximate surface area is 117 Å². The minimum Gasteiger partial charge on any atom is -0.457 e. The summed E-state index contributed by atoms with van der Waals surface area (Å²) in [6.45, 7) is 2.15. The lowest BCUT2D eigenvalue weighted by Gasteiger charge is -2.07. The third-order valence-electron chi connectivity index (χ3n) is 2.45. The molecule has 0 amide bonds. The lowest BCUT2D eigenvalue weighted by atomic mass is 10.2. The monoisotopic (exact) mass is 278 g/mol. The van der Waals surface area contributed by atoms with Crippen molar-refractivity contribution in [2.24, 2.45) is 0 Å². The number of halogens is 1. The quantitative estimate of drug-likeness (QED) is 0.540. The largest absolute Gasteiger partial charge is 0.457 e. The van der Waals surface area contributed by atoms with E-state index in [1.54, 1.807) is 0 Å². The molecule has 2 aromatic carbocycles. The summed E-state index contributed by atoms with van der Waals surface area (Å²) in [5.74, 6) is 3.30. The van der Waals surface area contributed by atoms with Crippen LogP contribution in [0.4, 0.5) is 0 Å². The summed E-state index contributed by atoms with van der Waals surface area (Å²) >= 11 is 7.57. The van der Waals surface area contributed by atoms with Crippen LogP contribution in [-0.4, -0.2) is 5.75 Å². The van der Waals surface area contributed by atoms with Crippen molar-refractivity contribution in [2.45, 2.75) is 17.7 Å². The molecule has 18 heavy (non-hydrogen) atoms. The molecule has 0 aliphatic rings. The first-order valence-corrected chi connectivity index (χ1v) is 7.39. The highest BCUT2D eigenvalue weighted by Gasteiger charge is 1.98. The molecular weight excluding hydrogens is 264 g/mol. The van der Waals surface area contributed by atoms with Crippen molar-refractivity contribution >= 4 is 23.4 Å². The Morgan fingerprint density at radius 2 is 1.50 bits per heavy atom. The Kier molecular flexibility index (Phi) is 4.97. The highest BCUT2D eigenvalue weighted by atomic mass is 35.5. The fourth-order valence-electron chi connectivity index (χ4n) is 1.55. The smallest absolute Gasteiger partial charge is 0.127 e. The van der Waals surface area contributed by atoms with Crippen LogP contribution in [0.25, 0.3) is 0 Å². The second kappa shape index (κ2) is 6.72. The van der Waals surface area contributed by atoms with E-state index in [2.05, 4.69) is 19.1 Å². The van der Waals surface area contributed by atoms with Crippen LogP contribution in [0.3, 0.4) is 0 Å². The molecule has 0 aliphatic carbocycles. The molecule has 0 heterocycles. The molecule has 0 atom stereocenters. The van der Waals surface area contributed by atoms with Crippen LogP contribution in [0.15, 0.2) is 53.4 Å². The van der Waals surface area contributed by atoms with Crippen LogP contribution < -0.4 is 4.74 Å². The molecule has 94 valence electrons. The number of benzene rings is 2. The van der Waals surface area contributed by atoms with E-state index in [1.165, 1.54) is 4.90 Å². The summed E-state index contributed by atoms with van der Waals surface area (Å²) in [4.78, 5) is 1.27. The molecule has 0 aromatic heterocycles. The summed E-state index contributed by atoms with van der Waals surface area (Å²) in [5.41, 5.74) is 1.10. The summed E-state index contributed by atoms with van der Waals surface area (Å²) < 4.78 is 5.76. The average Bonchev–Trinajstić information content (AvgIpc) is 2.42. The first kappa shape index (κ1) is 13.3. The molecule has 0 radical (unpaired) electrons. The van der Waals surface area contributed by atoms with E-state index < -0.39 is 0 Å². The van der Waals surface area contributed by atoms with Crippen LogP contribution in [0.2, 0.25) is 0 Å². The SMILES string of the molecule is CCSc1ccc(Oc2ccc(CCl)cc2)cc1. The summed E-state index contributed by atoms with van der Waals surface area (Å²) in [6, 6.07) is 16.0. The predicted octanol–water partition coefficient (Wildman–Crippen LogP) is 5.33. The molecule has 3 heteroatoms. The van der Waals surface area contributed by atoms with E-state index in [0.717, 1.165) is 22.8 Å². The zero-order valence-corrected chi connectivity index (χ0v) is 11.8. The van der Waals surface area contributed by atoms with Crippen LogP contribution in [0.1, 0.15) is 12.5 Å². The number of thioether (sulfide) groups is 1. The number of ether oxygens (including phenoxy) is 1. The Morgan fingerprint density at radius 3 is 2.00 bits per heavy atom. The summed E-state index contributed by atoms with van der Waals surface area (Å²) in [5, 5.41) is 0. The maximum atomic E-state index is 5.76. The lowest BCUT2D eigenvalue weighted by Crippen LogP contribution is -1.85. The molecule has 0 aliphatic heterocycles. The molecular formula is C15H15ClOS. The van der Waals surface area contributed by atoms with Crippen molar-refractivity contribution in [3.63, 3.8) is 0 Å². The first-order chi connectivity index (χ1) is 8.81. The number of alkyl halides is 1. The average molecular weight is 279 g/mol. The second-order valence-corrected chi connectivity index (χ2v) is 5.39. The summed E-state index contributed by atoms with van der Waals surface area (Å²) in [7, 11) is 0. The molecule has 0 bridgehead atoms. The van der Waals surface area contributed by atoms with E-state index in [1.807, 2.05) is 48.2 Å². The normalized spacial score (nSPS) is 10.3.